The van der Waals surface area contributed by atoms with Gasteiger partial charge in [0.15, 0.2) is 0 Å². The van der Waals surface area contributed by atoms with Gasteiger partial charge >= 0.3 is 0 Å². The van der Waals surface area contributed by atoms with Gasteiger partial charge in [-0.25, -0.2) is 0 Å². The van der Waals surface area contributed by atoms with Gasteiger partial charge in [0.05, 0.1) is 0 Å². The zero-order chi connectivity index (χ0) is 19.7. The normalized spacial score (nSPS) is 41.9. The fourth-order valence-electron chi connectivity index (χ4n) is 7.92. The van der Waals surface area contributed by atoms with E-state index in [2.05, 4.69) is 62.2 Å². The Bertz CT molecular complexity index is 441. The van der Waals surface area contributed by atoms with Crippen LogP contribution < -0.4 is 0 Å². The van der Waals surface area contributed by atoms with E-state index in [1.54, 1.807) is 0 Å². The standard InChI is InChI=1S/C25H49B/c1-10-14-22(26(9)25(13-4)17-20(25)7)16-21-15-18(5)23(12-3)24(21,8)19(6)11-2/h18-23H,10-17H2,1-9H3. The van der Waals surface area contributed by atoms with Crippen LogP contribution in [0, 0.1) is 35.0 Å². The molecule has 0 heterocycles. The molecule has 0 bridgehead atoms. The van der Waals surface area contributed by atoms with Crippen LogP contribution in [-0.2, 0) is 0 Å². The van der Waals surface area contributed by atoms with Crippen molar-refractivity contribution in [1.29, 1.82) is 0 Å². The molecule has 0 nitrogen and oxygen atoms in total. The molecule has 0 aromatic carbocycles. The predicted molar refractivity (Wildman–Crippen MR) is 120 cm³/mol. The fourth-order valence-corrected chi connectivity index (χ4v) is 7.92. The van der Waals surface area contributed by atoms with E-state index < -0.39 is 0 Å². The number of hydrogen-bond donors (Lipinski definition) is 0. The van der Waals surface area contributed by atoms with E-state index in [4.69, 9.17) is 0 Å². The SMILES string of the molecule is CCCC(CC1CC(C)C(CC)C1(C)C(C)CC)B(C)C1(CC)CC1C. The maximum atomic E-state index is 2.69. The molecule has 152 valence electrons. The molecule has 2 saturated carbocycles. The van der Waals surface area contributed by atoms with E-state index in [-0.39, 0.29) is 0 Å². The van der Waals surface area contributed by atoms with E-state index in [0.717, 1.165) is 42.1 Å². The number of hydrogen-bond acceptors (Lipinski definition) is 0. The average molecular weight is 360 g/mol. The van der Waals surface area contributed by atoms with E-state index in [1.165, 1.54) is 51.4 Å². The molecule has 0 aromatic rings. The van der Waals surface area contributed by atoms with Gasteiger partial charge in [-0.05, 0) is 46.7 Å². The molecular formula is C25H49B. The first-order valence-corrected chi connectivity index (χ1v) is 12.2. The van der Waals surface area contributed by atoms with Gasteiger partial charge in [0.25, 0.3) is 0 Å². The van der Waals surface area contributed by atoms with Crippen molar-refractivity contribution in [3.05, 3.63) is 0 Å². The minimum absolute atomic E-state index is 0.559. The highest BCUT2D eigenvalue weighted by Crippen LogP contribution is 2.67. The summed E-state index contributed by atoms with van der Waals surface area (Å²) in [7, 11) is 0. The highest BCUT2D eigenvalue weighted by molar-refractivity contribution is 6.63. The average Bonchev–Trinajstić information content (AvgIpc) is 3.23. The van der Waals surface area contributed by atoms with E-state index in [9.17, 15) is 0 Å². The summed E-state index contributed by atoms with van der Waals surface area (Å²) in [6.07, 6.45) is 11.4. The van der Waals surface area contributed by atoms with E-state index >= 15 is 0 Å². The molecule has 2 aliphatic carbocycles. The lowest BCUT2D eigenvalue weighted by Crippen LogP contribution is -2.38. The van der Waals surface area contributed by atoms with Crippen LogP contribution in [-0.4, -0.2) is 6.71 Å². The van der Waals surface area contributed by atoms with Crippen molar-refractivity contribution in [3.8, 4) is 0 Å². The van der Waals surface area contributed by atoms with Gasteiger partial charge in [0, 0.05) is 0 Å². The Hall–Kier alpha value is 0.0649. The van der Waals surface area contributed by atoms with Gasteiger partial charge < -0.3 is 0 Å². The van der Waals surface area contributed by atoms with Crippen molar-refractivity contribution in [2.45, 2.75) is 125 Å². The Morgan fingerprint density at radius 3 is 2.15 bits per heavy atom. The minimum atomic E-state index is 0.559. The summed E-state index contributed by atoms with van der Waals surface area (Å²) in [5, 5.41) is 0.682. The Labute approximate surface area is 166 Å². The third kappa shape index (κ3) is 3.67. The third-order valence-corrected chi connectivity index (χ3v) is 10.2. The largest absolute Gasteiger partial charge is 0.147 e. The third-order valence-electron chi connectivity index (χ3n) is 10.2. The van der Waals surface area contributed by atoms with Crippen molar-refractivity contribution < 1.29 is 0 Å². The van der Waals surface area contributed by atoms with Gasteiger partial charge in [-0.3, -0.25) is 0 Å². The van der Waals surface area contributed by atoms with Gasteiger partial charge in [-0.15, -0.1) is 0 Å². The highest BCUT2D eigenvalue weighted by atomic mass is 14.6. The molecule has 0 radical (unpaired) electrons. The lowest BCUT2D eigenvalue weighted by molar-refractivity contribution is 0.0587. The Morgan fingerprint density at radius 2 is 1.73 bits per heavy atom. The summed E-state index contributed by atoms with van der Waals surface area (Å²) in [5.74, 6) is 5.57. The summed E-state index contributed by atoms with van der Waals surface area (Å²) >= 11 is 0. The molecule has 26 heavy (non-hydrogen) atoms. The molecule has 0 aromatic heterocycles. The van der Waals surface area contributed by atoms with E-state index in [1.807, 2.05) is 0 Å². The van der Waals surface area contributed by atoms with Crippen LogP contribution in [0.25, 0.3) is 0 Å². The maximum absolute atomic E-state index is 2.69. The summed E-state index contributed by atoms with van der Waals surface area (Å²) < 4.78 is 0. The van der Waals surface area contributed by atoms with Gasteiger partial charge in [0.1, 0.15) is 6.71 Å². The monoisotopic (exact) mass is 360 g/mol. The Balaban J connectivity index is 2.23. The van der Waals surface area contributed by atoms with Crippen molar-refractivity contribution in [2.75, 3.05) is 0 Å². The second-order valence-electron chi connectivity index (χ2n) is 10.9. The second kappa shape index (κ2) is 8.61. The fraction of sp³-hybridized carbons (Fsp3) is 1.00. The van der Waals surface area contributed by atoms with Gasteiger partial charge in [-0.2, -0.15) is 0 Å². The van der Waals surface area contributed by atoms with Crippen LogP contribution in [0.3, 0.4) is 0 Å². The zero-order valence-corrected chi connectivity index (χ0v) is 19.7. The van der Waals surface area contributed by atoms with Crippen LogP contribution >= 0.6 is 0 Å². The number of rotatable bonds is 10. The van der Waals surface area contributed by atoms with Crippen LogP contribution in [0.5, 0.6) is 0 Å². The summed E-state index contributed by atoms with van der Waals surface area (Å²) in [5.41, 5.74) is 0.559. The Kier molecular flexibility index (Phi) is 7.40. The molecule has 0 N–H and O–H groups in total. The molecule has 8 unspecified atom stereocenters. The minimum Gasteiger partial charge on any atom is -0.0854 e. The van der Waals surface area contributed by atoms with Crippen LogP contribution in [0.4, 0.5) is 0 Å². The first-order valence-electron chi connectivity index (χ1n) is 12.2. The van der Waals surface area contributed by atoms with Crippen molar-refractivity contribution >= 4 is 6.71 Å². The summed E-state index contributed by atoms with van der Waals surface area (Å²) in [6, 6.07) is 0. The summed E-state index contributed by atoms with van der Waals surface area (Å²) in [4.78, 5) is 0. The first-order chi connectivity index (χ1) is 12.2. The molecule has 2 rings (SSSR count). The first kappa shape index (κ1) is 22.4. The highest BCUT2D eigenvalue weighted by Gasteiger charge is 2.57. The van der Waals surface area contributed by atoms with Crippen molar-refractivity contribution in [2.24, 2.45) is 35.0 Å². The van der Waals surface area contributed by atoms with E-state index in [0.29, 0.717) is 10.7 Å². The van der Waals surface area contributed by atoms with Gasteiger partial charge in [0.2, 0.25) is 0 Å². The predicted octanol–water partition coefficient (Wildman–Crippen LogP) is 8.60. The Morgan fingerprint density at radius 1 is 1.12 bits per heavy atom. The molecule has 0 spiro atoms. The van der Waals surface area contributed by atoms with Crippen molar-refractivity contribution in [3.63, 3.8) is 0 Å². The molecule has 0 aliphatic heterocycles. The topological polar surface area (TPSA) is 0 Å². The lowest BCUT2D eigenvalue weighted by atomic mass is 9.30. The molecule has 0 saturated heterocycles. The molecule has 8 atom stereocenters. The van der Waals surface area contributed by atoms with Gasteiger partial charge in [-0.1, -0.05) is 113 Å². The second-order valence-corrected chi connectivity index (χ2v) is 10.9. The van der Waals surface area contributed by atoms with Crippen LogP contribution in [0.1, 0.15) is 107 Å². The molecule has 1 heteroatoms. The smallest absolute Gasteiger partial charge is 0.0854 e. The van der Waals surface area contributed by atoms with Crippen LogP contribution in [0.2, 0.25) is 18.0 Å². The quantitative estimate of drug-likeness (QED) is 0.342. The summed E-state index contributed by atoms with van der Waals surface area (Å²) in [6.45, 7) is 23.6. The molecule has 0 amide bonds. The molecule has 2 fully saturated rings. The molecular weight excluding hydrogens is 311 g/mol. The lowest BCUT2D eigenvalue weighted by Gasteiger charge is -2.44. The van der Waals surface area contributed by atoms with Crippen LogP contribution in [0.15, 0.2) is 0 Å². The van der Waals surface area contributed by atoms with Crippen molar-refractivity contribution in [1.82, 2.24) is 0 Å². The zero-order valence-electron chi connectivity index (χ0n) is 19.7. The maximum Gasteiger partial charge on any atom is 0.147 e. The molecule has 2 aliphatic rings.